The van der Waals surface area contributed by atoms with Gasteiger partial charge >= 0.3 is 0 Å². The SMILES string of the molecule is c1ccc(N(c2ccccc2)c2cc(N(c3ccccc3)c3ccccc3)c3c(ccc4c5ccccc5ccc43)c2)cc1. The van der Waals surface area contributed by atoms with Gasteiger partial charge in [0.1, 0.15) is 0 Å². The molecular formula is C42H30N2. The van der Waals surface area contributed by atoms with Crippen LogP contribution in [0.5, 0.6) is 0 Å². The average Bonchev–Trinajstić information content (AvgIpc) is 3.10. The second-order valence-corrected chi connectivity index (χ2v) is 11.0. The van der Waals surface area contributed by atoms with Gasteiger partial charge in [0.25, 0.3) is 0 Å². The summed E-state index contributed by atoms with van der Waals surface area (Å²) in [6, 6.07) is 65.1. The number of benzene rings is 8. The molecule has 8 aromatic rings. The summed E-state index contributed by atoms with van der Waals surface area (Å²) in [5.74, 6) is 0. The van der Waals surface area contributed by atoms with Crippen LogP contribution < -0.4 is 9.80 Å². The molecule has 0 spiro atoms. The summed E-state index contributed by atoms with van der Waals surface area (Å²) in [5.41, 5.74) is 6.68. The zero-order valence-electron chi connectivity index (χ0n) is 24.2. The van der Waals surface area contributed by atoms with E-state index in [4.69, 9.17) is 0 Å². The maximum atomic E-state index is 2.40. The number of anilines is 6. The van der Waals surface area contributed by atoms with Gasteiger partial charge < -0.3 is 9.80 Å². The molecule has 0 heterocycles. The number of para-hydroxylation sites is 4. The minimum Gasteiger partial charge on any atom is -0.310 e. The molecule has 0 saturated heterocycles. The van der Waals surface area contributed by atoms with Crippen LogP contribution in [0.3, 0.4) is 0 Å². The quantitative estimate of drug-likeness (QED) is 0.186. The third-order valence-electron chi connectivity index (χ3n) is 8.36. The first kappa shape index (κ1) is 25.8. The lowest BCUT2D eigenvalue weighted by Crippen LogP contribution is -2.13. The molecule has 44 heavy (non-hydrogen) atoms. The fraction of sp³-hybridized carbons (Fsp3) is 0. The molecule has 0 unspecified atom stereocenters. The smallest absolute Gasteiger partial charge is 0.0567 e. The van der Waals surface area contributed by atoms with Crippen LogP contribution in [-0.2, 0) is 0 Å². The molecular weight excluding hydrogens is 532 g/mol. The molecule has 8 aromatic carbocycles. The summed E-state index contributed by atoms with van der Waals surface area (Å²) in [7, 11) is 0. The van der Waals surface area contributed by atoms with E-state index in [0.29, 0.717) is 0 Å². The molecule has 0 aromatic heterocycles. The van der Waals surface area contributed by atoms with E-state index >= 15 is 0 Å². The Kier molecular flexibility index (Phi) is 6.51. The predicted molar refractivity (Wildman–Crippen MR) is 188 cm³/mol. The van der Waals surface area contributed by atoms with Crippen molar-refractivity contribution in [2.45, 2.75) is 0 Å². The molecule has 8 rings (SSSR count). The van der Waals surface area contributed by atoms with Crippen molar-refractivity contribution in [3.05, 3.63) is 182 Å². The topological polar surface area (TPSA) is 6.48 Å². The lowest BCUT2D eigenvalue weighted by Gasteiger charge is -2.31. The van der Waals surface area contributed by atoms with Gasteiger partial charge in [0.05, 0.1) is 5.69 Å². The van der Waals surface area contributed by atoms with Gasteiger partial charge in [-0.2, -0.15) is 0 Å². The highest BCUT2D eigenvalue weighted by Crippen LogP contribution is 2.46. The zero-order valence-corrected chi connectivity index (χ0v) is 24.2. The van der Waals surface area contributed by atoms with E-state index in [1.165, 1.54) is 32.3 Å². The second kappa shape index (κ2) is 11.1. The Morgan fingerprint density at radius 3 is 1.30 bits per heavy atom. The van der Waals surface area contributed by atoms with E-state index in [9.17, 15) is 0 Å². The van der Waals surface area contributed by atoms with E-state index in [-0.39, 0.29) is 0 Å². The summed E-state index contributed by atoms with van der Waals surface area (Å²) in [6.45, 7) is 0. The maximum absolute atomic E-state index is 2.40. The van der Waals surface area contributed by atoms with Gasteiger partial charge in [-0.15, -0.1) is 0 Å². The number of fused-ring (bicyclic) bond motifs is 5. The van der Waals surface area contributed by atoms with Crippen LogP contribution in [0, 0.1) is 0 Å². The second-order valence-electron chi connectivity index (χ2n) is 11.0. The average molecular weight is 563 g/mol. The van der Waals surface area contributed by atoms with E-state index in [2.05, 4.69) is 192 Å². The van der Waals surface area contributed by atoms with Crippen LogP contribution in [-0.4, -0.2) is 0 Å². The van der Waals surface area contributed by atoms with E-state index < -0.39 is 0 Å². The molecule has 0 aliphatic rings. The maximum Gasteiger partial charge on any atom is 0.0567 e. The Hall–Kier alpha value is -5.86. The first-order valence-electron chi connectivity index (χ1n) is 15.0. The van der Waals surface area contributed by atoms with Gasteiger partial charge in [0, 0.05) is 33.8 Å². The summed E-state index contributed by atoms with van der Waals surface area (Å²) >= 11 is 0. The molecule has 0 bridgehead atoms. The Balaban J connectivity index is 1.50. The molecule has 0 atom stereocenters. The van der Waals surface area contributed by atoms with Crippen LogP contribution >= 0.6 is 0 Å². The fourth-order valence-electron chi connectivity index (χ4n) is 6.41. The molecule has 0 radical (unpaired) electrons. The van der Waals surface area contributed by atoms with Crippen molar-refractivity contribution in [1.82, 2.24) is 0 Å². The minimum absolute atomic E-state index is 1.10. The number of nitrogens with zero attached hydrogens (tertiary/aromatic N) is 2. The van der Waals surface area contributed by atoms with Gasteiger partial charge in [0.15, 0.2) is 0 Å². The summed E-state index contributed by atoms with van der Waals surface area (Å²) in [5, 5.41) is 7.43. The number of rotatable bonds is 6. The Bertz CT molecular complexity index is 2130. The molecule has 0 aliphatic heterocycles. The van der Waals surface area contributed by atoms with Crippen molar-refractivity contribution in [3.8, 4) is 0 Å². The van der Waals surface area contributed by atoms with Crippen molar-refractivity contribution in [2.75, 3.05) is 9.80 Å². The first-order valence-corrected chi connectivity index (χ1v) is 15.0. The lowest BCUT2D eigenvalue weighted by molar-refractivity contribution is 1.26. The summed E-state index contributed by atoms with van der Waals surface area (Å²) in [4.78, 5) is 4.75. The van der Waals surface area contributed by atoms with Crippen LogP contribution in [0.4, 0.5) is 34.1 Å². The van der Waals surface area contributed by atoms with Crippen LogP contribution in [0.15, 0.2) is 182 Å². The Labute approximate surface area is 257 Å². The summed E-state index contributed by atoms with van der Waals surface area (Å²) in [6.07, 6.45) is 0. The third kappa shape index (κ3) is 4.54. The highest BCUT2D eigenvalue weighted by atomic mass is 15.2. The first-order chi connectivity index (χ1) is 21.8. The molecule has 0 aliphatic carbocycles. The van der Waals surface area contributed by atoms with E-state index in [0.717, 1.165) is 34.1 Å². The highest BCUT2D eigenvalue weighted by molar-refractivity contribution is 6.22. The van der Waals surface area contributed by atoms with Crippen LogP contribution in [0.2, 0.25) is 0 Å². The fourth-order valence-corrected chi connectivity index (χ4v) is 6.41. The third-order valence-corrected chi connectivity index (χ3v) is 8.36. The molecule has 0 saturated carbocycles. The number of hydrogen-bond acceptors (Lipinski definition) is 2. The summed E-state index contributed by atoms with van der Waals surface area (Å²) < 4.78 is 0. The van der Waals surface area contributed by atoms with E-state index in [1.807, 2.05) is 0 Å². The minimum atomic E-state index is 1.10. The van der Waals surface area contributed by atoms with Crippen molar-refractivity contribution < 1.29 is 0 Å². The van der Waals surface area contributed by atoms with E-state index in [1.54, 1.807) is 0 Å². The van der Waals surface area contributed by atoms with Crippen molar-refractivity contribution in [2.24, 2.45) is 0 Å². The normalized spacial score (nSPS) is 11.2. The standard InChI is InChI=1S/C42H30N2/c1-5-16-33(17-6-1)43(34-18-7-2-8-19-34)37-29-32-26-27-39-38-24-14-13-15-31(38)25-28-40(39)42(32)41(30-37)44(35-20-9-3-10-21-35)36-22-11-4-12-23-36/h1-30H. The van der Waals surface area contributed by atoms with Crippen LogP contribution in [0.25, 0.3) is 32.3 Å². The van der Waals surface area contributed by atoms with Crippen LogP contribution in [0.1, 0.15) is 0 Å². The van der Waals surface area contributed by atoms with Gasteiger partial charge in [-0.25, -0.2) is 0 Å². The Morgan fingerprint density at radius 1 is 0.273 bits per heavy atom. The lowest BCUT2D eigenvalue weighted by atomic mass is 9.94. The number of hydrogen-bond donors (Lipinski definition) is 0. The van der Waals surface area contributed by atoms with Crippen molar-refractivity contribution >= 4 is 66.4 Å². The molecule has 208 valence electrons. The Morgan fingerprint density at radius 2 is 0.727 bits per heavy atom. The van der Waals surface area contributed by atoms with Crippen molar-refractivity contribution in [3.63, 3.8) is 0 Å². The van der Waals surface area contributed by atoms with Crippen molar-refractivity contribution in [1.29, 1.82) is 0 Å². The monoisotopic (exact) mass is 562 g/mol. The largest absolute Gasteiger partial charge is 0.310 e. The molecule has 2 heteroatoms. The predicted octanol–water partition coefficient (Wildman–Crippen LogP) is 12.1. The molecule has 0 N–H and O–H groups in total. The molecule has 2 nitrogen and oxygen atoms in total. The zero-order chi connectivity index (χ0) is 29.3. The highest BCUT2D eigenvalue weighted by Gasteiger charge is 2.21. The molecule has 0 amide bonds. The van der Waals surface area contributed by atoms with Gasteiger partial charge in [-0.05, 0) is 87.6 Å². The van der Waals surface area contributed by atoms with Gasteiger partial charge in [-0.1, -0.05) is 121 Å². The van der Waals surface area contributed by atoms with Gasteiger partial charge in [0.2, 0.25) is 0 Å². The van der Waals surface area contributed by atoms with Gasteiger partial charge in [-0.3, -0.25) is 0 Å². The molecule has 0 fully saturated rings.